The standard InChI is InChI=1S/C18H22N4O2/c1-22-12-15(11-21-22)24-17-5-3-4-16(17)20-10-13-6-7-14(9-19)18(8-13)23-2/h6-8,11-12,16-17,20H,3-5,10H2,1-2H3/t16-,17+/m0/s1. The van der Waals surface area contributed by atoms with Crippen molar-refractivity contribution in [1.82, 2.24) is 15.1 Å². The van der Waals surface area contributed by atoms with Gasteiger partial charge in [-0.1, -0.05) is 6.07 Å². The minimum absolute atomic E-state index is 0.162. The third-order valence-electron chi connectivity index (χ3n) is 4.38. The van der Waals surface area contributed by atoms with Crippen molar-refractivity contribution in [2.45, 2.75) is 38.0 Å². The van der Waals surface area contributed by atoms with Crippen LogP contribution >= 0.6 is 0 Å². The molecule has 126 valence electrons. The van der Waals surface area contributed by atoms with E-state index in [0.717, 1.165) is 37.1 Å². The lowest BCUT2D eigenvalue weighted by Gasteiger charge is -2.22. The third-order valence-corrected chi connectivity index (χ3v) is 4.38. The second kappa shape index (κ2) is 7.37. The average molecular weight is 326 g/mol. The number of aromatic nitrogens is 2. The Morgan fingerprint density at radius 2 is 2.29 bits per heavy atom. The molecule has 1 aliphatic carbocycles. The lowest BCUT2D eigenvalue weighted by Crippen LogP contribution is -2.38. The second-order valence-electron chi connectivity index (χ2n) is 6.07. The maximum absolute atomic E-state index is 9.05. The van der Waals surface area contributed by atoms with Crippen LogP contribution in [0.25, 0.3) is 0 Å². The lowest BCUT2D eigenvalue weighted by atomic mass is 10.1. The minimum Gasteiger partial charge on any atom is -0.495 e. The molecule has 1 N–H and O–H groups in total. The molecular formula is C18H22N4O2. The molecule has 6 heteroatoms. The Morgan fingerprint density at radius 1 is 1.42 bits per heavy atom. The van der Waals surface area contributed by atoms with E-state index in [1.54, 1.807) is 24.1 Å². The van der Waals surface area contributed by atoms with Gasteiger partial charge in [-0.25, -0.2) is 0 Å². The van der Waals surface area contributed by atoms with Crippen molar-refractivity contribution >= 4 is 0 Å². The molecule has 0 bridgehead atoms. The van der Waals surface area contributed by atoms with E-state index in [2.05, 4.69) is 16.5 Å². The van der Waals surface area contributed by atoms with Crippen molar-refractivity contribution in [3.05, 3.63) is 41.7 Å². The van der Waals surface area contributed by atoms with Gasteiger partial charge in [-0.05, 0) is 37.0 Å². The molecule has 0 saturated heterocycles. The zero-order valence-electron chi connectivity index (χ0n) is 14.0. The van der Waals surface area contributed by atoms with Crippen molar-refractivity contribution < 1.29 is 9.47 Å². The molecule has 1 aliphatic rings. The fourth-order valence-corrected chi connectivity index (χ4v) is 3.12. The van der Waals surface area contributed by atoms with Crippen LogP contribution in [0.15, 0.2) is 30.6 Å². The van der Waals surface area contributed by atoms with Crippen LogP contribution in [0, 0.1) is 11.3 Å². The molecule has 1 saturated carbocycles. The molecule has 1 heterocycles. The third kappa shape index (κ3) is 3.69. The fraction of sp³-hybridized carbons (Fsp3) is 0.444. The monoisotopic (exact) mass is 326 g/mol. The Balaban J connectivity index is 1.60. The van der Waals surface area contributed by atoms with Gasteiger partial charge in [0.2, 0.25) is 0 Å². The Morgan fingerprint density at radius 3 is 3.00 bits per heavy atom. The Kier molecular flexibility index (Phi) is 5.02. The van der Waals surface area contributed by atoms with Gasteiger partial charge in [0.1, 0.15) is 17.9 Å². The van der Waals surface area contributed by atoms with E-state index in [-0.39, 0.29) is 6.10 Å². The average Bonchev–Trinajstić information content (AvgIpc) is 3.21. The molecule has 0 spiro atoms. The number of aryl methyl sites for hydroxylation is 1. The van der Waals surface area contributed by atoms with Gasteiger partial charge in [-0.3, -0.25) is 4.68 Å². The fourth-order valence-electron chi connectivity index (χ4n) is 3.12. The SMILES string of the molecule is COc1cc(CN[C@H]2CCC[C@H]2Oc2cnn(C)c2)ccc1C#N. The van der Waals surface area contributed by atoms with Crippen molar-refractivity contribution in [3.63, 3.8) is 0 Å². The summed E-state index contributed by atoms with van der Waals surface area (Å²) >= 11 is 0. The predicted octanol–water partition coefficient (Wildman–Crippen LogP) is 2.39. The summed E-state index contributed by atoms with van der Waals surface area (Å²) in [5.41, 5.74) is 1.65. The summed E-state index contributed by atoms with van der Waals surface area (Å²) in [4.78, 5) is 0. The van der Waals surface area contributed by atoms with Gasteiger partial charge in [-0.2, -0.15) is 10.4 Å². The molecule has 3 rings (SSSR count). The zero-order valence-corrected chi connectivity index (χ0v) is 14.0. The van der Waals surface area contributed by atoms with Crippen molar-refractivity contribution in [2.75, 3.05) is 7.11 Å². The molecule has 0 radical (unpaired) electrons. The van der Waals surface area contributed by atoms with Crippen LogP contribution in [0.5, 0.6) is 11.5 Å². The number of rotatable bonds is 6. The molecule has 1 fully saturated rings. The molecular weight excluding hydrogens is 304 g/mol. The molecule has 1 aromatic heterocycles. The van der Waals surface area contributed by atoms with Gasteiger partial charge >= 0.3 is 0 Å². The maximum Gasteiger partial charge on any atom is 0.157 e. The van der Waals surface area contributed by atoms with Gasteiger partial charge in [0.05, 0.1) is 25.1 Å². The van der Waals surface area contributed by atoms with E-state index in [4.69, 9.17) is 14.7 Å². The van der Waals surface area contributed by atoms with E-state index in [0.29, 0.717) is 17.4 Å². The van der Waals surface area contributed by atoms with E-state index in [1.807, 2.05) is 25.4 Å². The molecule has 6 nitrogen and oxygen atoms in total. The first-order valence-electron chi connectivity index (χ1n) is 8.15. The summed E-state index contributed by atoms with van der Waals surface area (Å²) in [5, 5.41) is 16.8. The Hall–Kier alpha value is -2.52. The number of ether oxygens (including phenoxy) is 2. The summed E-state index contributed by atoms with van der Waals surface area (Å²) in [6.07, 6.45) is 7.09. The van der Waals surface area contributed by atoms with E-state index >= 15 is 0 Å². The minimum atomic E-state index is 0.162. The molecule has 24 heavy (non-hydrogen) atoms. The number of hydrogen-bond acceptors (Lipinski definition) is 5. The summed E-state index contributed by atoms with van der Waals surface area (Å²) in [7, 11) is 3.47. The first kappa shape index (κ1) is 16.3. The van der Waals surface area contributed by atoms with Crippen LogP contribution in [-0.4, -0.2) is 29.0 Å². The van der Waals surface area contributed by atoms with Crippen LogP contribution in [-0.2, 0) is 13.6 Å². The smallest absolute Gasteiger partial charge is 0.157 e. The summed E-state index contributed by atoms with van der Waals surface area (Å²) in [6, 6.07) is 8.12. The van der Waals surface area contributed by atoms with Crippen molar-refractivity contribution in [2.24, 2.45) is 7.05 Å². The van der Waals surface area contributed by atoms with Crippen LogP contribution in [0.4, 0.5) is 0 Å². The molecule has 2 atom stereocenters. The molecule has 2 aromatic rings. The Bertz CT molecular complexity index is 735. The van der Waals surface area contributed by atoms with Gasteiger partial charge < -0.3 is 14.8 Å². The van der Waals surface area contributed by atoms with Crippen LogP contribution in [0.2, 0.25) is 0 Å². The summed E-state index contributed by atoms with van der Waals surface area (Å²) in [5.74, 6) is 1.43. The van der Waals surface area contributed by atoms with Gasteiger partial charge in [0.25, 0.3) is 0 Å². The highest BCUT2D eigenvalue weighted by molar-refractivity contribution is 5.45. The number of nitrogens with zero attached hydrogens (tertiary/aromatic N) is 3. The quantitative estimate of drug-likeness (QED) is 0.882. The van der Waals surface area contributed by atoms with Gasteiger partial charge in [0, 0.05) is 19.6 Å². The van der Waals surface area contributed by atoms with Crippen LogP contribution in [0.3, 0.4) is 0 Å². The van der Waals surface area contributed by atoms with E-state index < -0.39 is 0 Å². The highest BCUT2D eigenvalue weighted by Crippen LogP contribution is 2.25. The lowest BCUT2D eigenvalue weighted by molar-refractivity contribution is 0.174. The maximum atomic E-state index is 9.05. The molecule has 1 aromatic carbocycles. The van der Waals surface area contributed by atoms with Gasteiger partial charge in [0.15, 0.2) is 5.75 Å². The summed E-state index contributed by atoms with van der Waals surface area (Å²) in [6.45, 7) is 0.722. The van der Waals surface area contributed by atoms with E-state index in [9.17, 15) is 0 Å². The van der Waals surface area contributed by atoms with Crippen LogP contribution < -0.4 is 14.8 Å². The number of hydrogen-bond donors (Lipinski definition) is 1. The number of methoxy groups -OCH3 is 1. The van der Waals surface area contributed by atoms with E-state index in [1.165, 1.54) is 0 Å². The zero-order chi connectivity index (χ0) is 16.9. The molecule has 0 amide bonds. The first-order valence-corrected chi connectivity index (χ1v) is 8.15. The number of nitrogens with one attached hydrogen (secondary N) is 1. The number of benzene rings is 1. The van der Waals surface area contributed by atoms with Crippen LogP contribution in [0.1, 0.15) is 30.4 Å². The Labute approximate surface area is 142 Å². The molecule has 0 unspecified atom stereocenters. The normalized spacial score (nSPS) is 19.9. The van der Waals surface area contributed by atoms with Gasteiger partial charge in [-0.15, -0.1) is 0 Å². The molecule has 0 aliphatic heterocycles. The highest BCUT2D eigenvalue weighted by atomic mass is 16.5. The highest BCUT2D eigenvalue weighted by Gasteiger charge is 2.28. The van der Waals surface area contributed by atoms with Crippen molar-refractivity contribution in [1.29, 1.82) is 5.26 Å². The van der Waals surface area contributed by atoms with Crippen molar-refractivity contribution in [3.8, 4) is 17.6 Å². The second-order valence-corrected chi connectivity index (χ2v) is 6.07. The summed E-state index contributed by atoms with van der Waals surface area (Å²) < 4.78 is 13.1. The number of nitriles is 1. The predicted molar refractivity (Wildman–Crippen MR) is 89.8 cm³/mol. The topological polar surface area (TPSA) is 72.1 Å². The first-order chi connectivity index (χ1) is 11.7. The largest absolute Gasteiger partial charge is 0.495 e.